The van der Waals surface area contributed by atoms with Gasteiger partial charge in [0.05, 0.1) is 6.61 Å². The first-order valence-corrected chi connectivity index (χ1v) is 5.25. The van der Waals surface area contributed by atoms with Gasteiger partial charge >= 0.3 is 11.9 Å². The predicted molar refractivity (Wildman–Crippen MR) is 55.2 cm³/mol. The van der Waals surface area contributed by atoms with Gasteiger partial charge in [0.1, 0.15) is 11.7 Å². The summed E-state index contributed by atoms with van der Waals surface area (Å²) in [6, 6.07) is -1.30. The van der Waals surface area contributed by atoms with Gasteiger partial charge in [0, 0.05) is 12.3 Å². The number of hydrogen-bond donors (Lipinski definition) is 3. The molecular weight excluding hydrogens is 233 g/mol. The fourth-order valence-electron chi connectivity index (χ4n) is 1.46. The van der Waals surface area contributed by atoms with Gasteiger partial charge in [-0.15, -0.1) is 0 Å². The number of alkyl halides is 1. The highest BCUT2D eigenvalue weighted by Gasteiger charge is 2.51. The molecule has 0 radical (unpaired) electrons. The molecule has 0 spiro atoms. The molecule has 1 rings (SSSR count). The lowest BCUT2D eigenvalue weighted by Gasteiger charge is -2.15. The lowest BCUT2D eigenvalue weighted by molar-refractivity contribution is -0.152. The lowest BCUT2D eigenvalue weighted by atomic mass is 10.1. The Hall–Kier alpha value is -1.21. The number of rotatable bonds is 7. The molecule has 0 amide bonds. The average molecular weight is 249 g/mol. The van der Waals surface area contributed by atoms with E-state index >= 15 is 0 Å². The molecule has 0 aromatic rings. The van der Waals surface area contributed by atoms with E-state index in [1.807, 2.05) is 0 Å². The Morgan fingerprint density at radius 1 is 1.53 bits per heavy atom. The van der Waals surface area contributed by atoms with Crippen molar-refractivity contribution in [3.63, 3.8) is 0 Å². The van der Waals surface area contributed by atoms with Gasteiger partial charge in [0.2, 0.25) is 0 Å². The van der Waals surface area contributed by atoms with Crippen molar-refractivity contribution in [2.24, 2.45) is 11.7 Å². The summed E-state index contributed by atoms with van der Waals surface area (Å²) in [5.41, 5.74) is 3.92. The number of carbonyl (C=O) groups is 2. The number of nitrogens with two attached hydrogens (primary N) is 1. The summed E-state index contributed by atoms with van der Waals surface area (Å²) in [6.07, 6.45) is -1.30. The second-order valence-electron chi connectivity index (χ2n) is 4.52. The Bertz CT molecular complexity index is 320. The molecule has 4 N–H and O–H groups in total. The maximum absolute atomic E-state index is 13.2. The molecule has 1 aliphatic carbocycles. The van der Waals surface area contributed by atoms with Gasteiger partial charge in [-0.3, -0.25) is 4.79 Å². The zero-order valence-electron chi connectivity index (χ0n) is 9.43. The van der Waals surface area contributed by atoms with Crippen LogP contribution in [0.4, 0.5) is 4.39 Å². The van der Waals surface area contributed by atoms with Crippen molar-refractivity contribution in [1.29, 1.82) is 0 Å². The van der Waals surface area contributed by atoms with Crippen molar-refractivity contribution in [2.75, 3.05) is 6.61 Å². The fourth-order valence-corrected chi connectivity index (χ4v) is 1.46. The van der Waals surface area contributed by atoms with Crippen LogP contribution in [-0.4, -0.2) is 46.6 Å². The van der Waals surface area contributed by atoms with Crippen LogP contribution >= 0.6 is 0 Å². The molecule has 1 saturated carbocycles. The maximum Gasteiger partial charge on any atom is 0.332 e. The summed E-state index contributed by atoms with van der Waals surface area (Å²) in [5.74, 6) is -2.89. The summed E-state index contributed by atoms with van der Waals surface area (Å²) in [4.78, 5) is 21.3. The monoisotopic (exact) mass is 249 g/mol. The molecule has 0 heterocycles. The maximum atomic E-state index is 13.2. The van der Waals surface area contributed by atoms with Gasteiger partial charge in [-0.25, -0.2) is 9.18 Å². The van der Waals surface area contributed by atoms with Gasteiger partial charge in [-0.2, -0.15) is 0 Å². The summed E-state index contributed by atoms with van der Waals surface area (Å²) in [5, 5.41) is 17.4. The van der Waals surface area contributed by atoms with E-state index < -0.39 is 29.8 Å². The predicted octanol–water partition coefficient (Wildman–Crippen LogP) is 0.00630. The third-order valence-electron chi connectivity index (χ3n) is 2.90. The Morgan fingerprint density at radius 2 is 2.06 bits per heavy atom. The van der Waals surface area contributed by atoms with Crippen molar-refractivity contribution >= 4 is 11.9 Å². The highest BCUT2D eigenvalue weighted by atomic mass is 19.1. The molecule has 1 aliphatic rings. The Morgan fingerprint density at radius 3 is 2.41 bits per heavy atom. The van der Waals surface area contributed by atoms with E-state index in [0.717, 1.165) is 0 Å². The van der Waals surface area contributed by atoms with E-state index in [0.29, 0.717) is 6.42 Å². The second kappa shape index (κ2) is 4.97. The molecular formula is C10H16FNO5. The Balaban J connectivity index is 2.39. The van der Waals surface area contributed by atoms with Gasteiger partial charge in [0.25, 0.3) is 0 Å². The van der Waals surface area contributed by atoms with Crippen molar-refractivity contribution in [3.05, 3.63) is 0 Å². The Labute approximate surface area is 97.5 Å². The first kappa shape index (κ1) is 13.9. The topological polar surface area (TPSA) is 110 Å². The zero-order chi connectivity index (χ0) is 13.2. The first-order valence-electron chi connectivity index (χ1n) is 5.25. The van der Waals surface area contributed by atoms with Gasteiger partial charge < -0.3 is 20.7 Å². The molecule has 0 bridgehead atoms. The van der Waals surface area contributed by atoms with Crippen LogP contribution in [0.15, 0.2) is 0 Å². The first-order chi connectivity index (χ1) is 7.74. The highest BCUT2D eigenvalue weighted by molar-refractivity contribution is 5.76. The smallest absolute Gasteiger partial charge is 0.332 e. The number of carboxylic acid groups (broad SMARTS) is 2. The van der Waals surface area contributed by atoms with Crippen LogP contribution in [0.2, 0.25) is 0 Å². The number of halogens is 1. The molecule has 6 nitrogen and oxygen atoms in total. The minimum Gasteiger partial charge on any atom is -0.480 e. The molecule has 1 fully saturated rings. The van der Waals surface area contributed by atoms with Gasteiger partial charge in [-0.05, 0) is 13.3 Å². The van der Waals surface area contributed by atoms with Crippen molar-refractivity contribution in [3.8, 4) is 0 Å². The van der Waals surface area contributed by atoms with E-state index in [9.17, 15) is 14.0 Å². The number of ether oxygens (including phenoxy) is 1. The minimum absolute atomic E-state index is 0.0314. The molecule has 0 aromatic carbocycles. The lowest BCUT2D eigenvalue weighted by Crippen LogP contribution is -2.38. The summed E-state index contributed by atoms with van der Waals surface area (Å²) >= 11 is 0. The average Bonchev–Trinajstić information content (AvgIpc) is 2.80. The van der Waals surface area contributed by atoms with Gasteiger partial charge in [0.15, 0.2) is 6.10 Å². The molecule has 0 saturated heterocycles. The van der Waals surface area contributed by atoms with Crippen LogP contribution in [0.5, 0.6) is 0 Å². The highest BCUT2D eigenvalue weighted by Crippen LogP contribution is 2.46. The second-order valence-corrected chi connectivity index (χ2v) is 4.52. The third kappa shape index (κ3) is 3.94. The van der Waals surface area contributed by atoms with E-state index in [4.69, 9.17) is 20.7 Å². The summed E-state index contributed by atoms with van der Waals surface area (Å²) in [6.45, 7) is 1.39. The third-order valence-corrected chi connectivity index (χ3v) is 2.90. The largest absolute Gasteiger partial charge is 0.480 e. The fraction of sp³-hybridized carbons (Fsp3) is 0.800. The number of aliphatic carboxylic acids is 2. The van der Waals surface area contributed by atoms with Gasteiger partial charge in [-0.1, -0.05) is 0 Å². The quantitative estimate of drug-likeness (QED) is 0.586. The zero-order valence-corrected chi connectivity index (χ0v) is 9.43. The van der Waals surface area contributed by atoms with Crippen LogP contribution in [0.3, 0.4) is 0 Å². The van der Waals surface area contributed by atoms with Crippen LogP contribution in [-0.2, 0) is 14.3 Å². The summed E-state index contributed by atoms with van der Waals surface area (Å²) in [7, 11) is 0. The Kier molecular flexibility index (Phi) is 4.05. The standard InChI is InChI=1S/C10H16FNO5/c1-10(11)3-5(10)4-17-7(9(15)16)2-6(12)8(13)14/h5-7H,2-4,12H2,1H3,(H,13,14)(H,15,16)/t5-,6?,7?,10?/m1/s1. The van der Waals surface area contributed by atoms with Crippen LogP contribution in [0, 0.1) is 5.92 Å². The molecule has 17 heavy (non-hydrogen) atoms. The van der Waals surface area contributed by atoms with Crippen molar-refractivity contribution < 1.29 is 28.9 Å². The molecule has 7 heteroatoms. The SMILES string of the molecule is CC1(F)C[C@@H]1COC(CC(N)C(=O)O)C(=O)O. The van der Waals surface area contributed by atoms with E-state index in [-0.39, 0.29) is 18.9 Å². The molecule has 3 unspecified atom stereocenters. The van der Waals surface area contributed by atoms with E-state index in [2.05, 4.69) is 0 Å². The normalized spacial score (nSPS) is 30.6. The van der Waals surface area contributed by atoms with Crippen LogP contribution < -0.4 is 5.73 Å². The number of hydrogen-bond acceptors (Lipinski definition) is 4. The molecule has 0 aliphatic heterocycles. The van der Waals surface area contributed by atoms with Crippen LogP contribution in [0.25, 0.3) is 0 Å². The molecule has 4 atom stereocenters. The van der Waals surface area contributed by atoms with Crippen molar-refractivity contribution in [2.45, 2.75) is 37.6 Å². The molecule has 98 valence electrons. The van der Waals surface area contributed by atoms with Crippen molar-refractivity contribution in [1.82, 2.24) is 0 Å². The number of carboxylic acids is 2. The summed E-state index contributed by atoms with van der Waals surface area (Å²) < 4.78 is 18.2. The van der Waals surface area contributed by atoms with E-state index in [1.54, 1.807) is 0 Å². The molecule has 0 aromatic heterocycles. The van der Waals surface area contributed by atoms with Crippen LogP contribution in [0.1, 0.15) is 19.8 Å². The van der Waals surface area contributed by atoms with E-state index in [1.165, 1.54) is 6.92 Å². The minimum atomic E-state index is -1.31.